The highest BCUT2D eigenvalue weighted by atomic mass is 13.9. The Labute approximate surface area is 97.9 Å². The van der Waals surface area contributed by atoms with Crippen molar-refractivity contribution in [2.45, 2.75) is 85.5 Å². The molecule has 0 bridgehead atoms. The van der Waals surface area contributed by atoms with Gasteiger partial charge in [-0.1, -0.05) is 59.8 Å². The predicted octanol–water partition coefficient (Wildman–Crippen LogP) is 5.57. The van der Waals surface area contributed by atoms with Crippen molar-refractivity contribution < 1.29 is 0 Å². The number of hydrogen-bond donors (Lipinski definition) is 0. The smallest absolute Gasteiger partial charge is 0.00886 e. The molecule has 0 radical (unpaired) electrons. The second-order valence-corrected chi connectivity index (χ2v) is 3.62. The van der Waals surface area contributed by atoms with E-state index in [1.807, 2.05) is 13.8 Å². The van der Waals surface area contributed by atoms with Gasteiger partial charge in [0.25, 0.3) is 0 Å². The summed E-state index contributed by atoms with van der Waals surface area (Å²) < 4.78 is 0. The molecule has 1 aliphatic carbocycles. The summed E-state index contributed by atoms with van der Waals surface area (Å²) in [5.41, 5.74) is 0. The molecule has 1 aliphatic rings. The summed E-state index contributed by atoms with van der Waals surface area (Å²) >= 11 is 0. The van der Waals surface area contributed by atoms with E-state index >= 15 is 0 Å². The Bertz CT molecular complexity index is 122. The molecule has 1 rings (SSSR count). The highest BCUT2D eigenvalue weighted by Crippen LogP contribution is 2.06. The van der Waals surface area contributed by atoms with Gasteiger partial charge in [0.1, 0.15) is 0 Å². The molecule has 15 heavy (non-hydrogen) atoms. The van der Waals surface area contributed by atoms with Crippen molar-refractivity contribution in [3.63, 3.8) is 0 Å². The zero-order chi connectivity index (χ0) is 11.8. The SMILES string of the molecule is C1#CCCCCCC1.CC.CCCCC. The fraction of sp³-hybridized carbons (Fsp3) is 0.867. The van der Waals surface area contributed by atoms with Crippen molar-refractivity contribution in [2.24, 2.45) is 0 Å². The first kappa shape index (κ1) is 17.0. The van der Waals surface area contributed by atoms with Gasteiger partial charge in [-0.05, 0) is 12.8 Å². The molecule has 0 aliphatic heterocycles. The predicted molar refractivity (Wildman–Crippen MR) is 72.0 cm³/mol. The van der Waals surface area contributed by atoms with Crippen LogP contribution in [-0.4, -0.2) is 0 Å². The highest BCUT2D eigenvalue weighted by molar-refractivity contribution is 4.99. The van der Waals surface area contributed by atoms with Crippen LogP contribution in [0.15, 0.2) is 0 Å². The minimum absolute atomic E-state index is 1.14. The van der Waals surface area contributed by atoms with Gasteiger partial charge in [0, 0.05) is 12.8 Å². The highest BCUT2D eigenvalue weighted by Gasteiger charge is 1.89. The van der Waals surface area contributed by atoms with Crippen molar-refractivity contribution in [3.8, 4) is 11.8 Å². The van der Waals surface area contributed by atoms with Crippen LogP contribution in [0.2, 0.25) is 0 Å². The van der Waals surface area contributed by atoms with E-state index in [1.165, 1.54) is 44.9 Å². The Hall–Kier alpha value is -0.440. The van der Waals surface area contributed by atoms with Crippen molar-refractivity contribution in [3.05, 3.63) is 0 Å². The molecule has 0 aromatic heterocycles. The summed E-state index contributed by atoms with van der Waals surface area (Å²) in [4.78, 5) is 0. The molecule has 0 heteroatoms. The molecule has 0 aromatic rings. The third-order valence-electron chi connectivity index (χ3n) is 2.19. The van der Waals surface area contributed by atoms with Gasteiger partial charge in [0.05, 0.1) is 0 Å². The van der Waals surface area contributed by atoms with Crippen molar-refractivity contribution in [1.29, 1.82) is 0 Å². The first-order chi connectivity index (χ1) is 7.41. The van der Waals surface area contributed by atoms with Crippen LogP contribution in [0.3, 0.4) is 0 Å². The fourth-order valence-corrected chi connectivity index (χ4v) is 1.31. The van der Waals surface area contributed by atoms with Crippen LogP contribution in [0.4, 0.5) is 0 Å². The fourth-order valence-electron chi connectivity index (χ4n) is 1.31. The second kappa shape index (κ2) is 19.2. The maximum Gasteiger partial charge on any atom is 0.00886 e. The first-order valence-electron chi connectivity index (χ1n) is 6.87. The van der Waals surface area contributed by atoms with Gasteiger partial charge in [0.2, 0.25) is 0 Å². The lowest BCUT2D eigenvalue weighted by molar-refractivity contribution is 0.652. The molecule has 90 valence electrons. The standard InChI is InChI=1S/C8H12.C5H12.C2H6/c1-2-4-6-8-7-5-3-1;1-3-5-4-2;1-2/h1-6H2;3-5H2,1-2H3;1-2H3. The summed E-state index contributed by atoms with van der Waals surface area (Å²) in [5.74, 6) is 6.27. The lowest BCUT2D eigenvalue weighted by Crippen LogP contribution is -1.80. The third kappa shape index (κ3) is 19.8. The van der Waals surface area contributed by atoms with Gasteiger partial charge in [0.15, 0.2) is 0 Å². The zero-order valence-electron chi connectivity index (χ0n) is 11.4. The molecule has 0 heterocycles. The molecule has 0 spiro atoms. The third-order valence-corrected chi connectivity index (χ3v) is 2.19. The van der Waals surface area contributed by atoms with Gasteiger partial charge >= 0.3 is 0 Å². The van der Waals surface area contributed by atoms with Crippen LogP contribution in [0.1, 0.15) is 85.5 Å². The van der Waals surface area contributed by atoms with Gasteiger partial charge < -0.3 is 0 Å². The normalized spacial score (nSPS) is 13.9. The van der Waals surface area contributed by atoms with E-state index in [9.17, 15) is 0 Å². The van der Waals surface area contributed by atoms with Gasteiger partial charge in [-0.3, -0.25) is 0 Å². The molecular weight excluding hydrogens is 180 g/mol. The summed E-state index contributed by atoms with van der Waals surface area (Å²) in [6.07, 6.45) is 11.8. The van der Waals surface area contributed by atoms with E-state index in [-0.39, 0.29) is 0 Å². The molecule has 0 fully saturated rings. The van der Waals surface area contributed by atoms with E-state index in [1.54, 1.807) is 0 Å². The van der Waals surface area contributed by atoms with Crippen LogP contribution >= 0.6 is 0 Å². The Kier molecular flexibility index (Phi) is 21.7. The largest absolute Gasteiger partial charge is 0.103 e. The van der Waals surface area contributed by atoms with Crippen LogP contribution in [-0.2, 0) is 0 Å². The average Bonchev–Trinajstić information content (AvgIpc) is 2.22. The van der Waals surface area contributed by atoms with Crippen LogP contribution in [0.5, 0.6) is 0 Å². The minimum Gasteiger partial charge on any atom is -0.103 e. The topological polar surface area (TPSA) is 0 Å². The Morgan fingerprint density at radius 1 is 0.733 bits per heavy atom. The van der Waals surface area contributed by atoms with E-state index in [0.717, 1.165) is 12.8 Å². The minimum atomic E-state index is 1.14. The molecule has 0 N–H and O–H groups in total. The quantitative estimate of drug-likeness (QED) is 0.523. The lowest BCUT2D eigenvalue weighted by atomic mass is 10.1. The first-order valence-corrected chi connectivity index (χ1v) is 6.87. The van der Waals surface area contributed by atoms with E-state index < -0.39 is 0 Å². The van der Waals surface area contributed by atoms with E-state index in [0.29, 0.717) is 0 Å². The van der Waals surface area contributed by atoms with E-state index in [4.69, 9.17) is 0 Å². The summed E-state index contributed by atoms with van der Waals surface area (Å²) in [6.45, 7) is 8.42. The van der Waals surface area contributed by atoms with Crippen molar-refractivity contribution in [1.82, 2.24) is 0 Å². The Balaban J connectivity index is 0. The van der Waals surface area contributed by atoms with Crippen molar-refractivity contribution in [2.75, 3.05) is 0 Å². The molecule has 0 saturated heterocycles. The van der Waals surface area contributed by atoms with Gasteiger partial charge in [-0.2, -0.15) is 0 Å². The number of unbranched alkanes of at least 4 members (excludes halogenated alkanes) is 2. The maximum absolute atomic E-state index is 3.14. The number of hydrogen-bond acceptors (Lipinski definition) is 0. The lowest BCUT2D eigenvalue weighted by Gasteiger charge is -1.97. The zero-order valence-corrected chi connectivity index (χ0v) is 11.4. The van der Waals surface area contributed by atoms with Crippen LogP contribution in [0, 0.1) is 11.8 Å². The second-order valence-electron chi connectivity index (χ2n) is 3.62. The van der Waals surface area contributed by atoms with Crippen LogP contribution < -0.4 is 0 Å². The summed E-state index contributed by atoms with van der Waals surface area (Å²) in [7, 11) is 0. The summed E-state index contributed by atoms with van der Waals surface area (Å²) in [5, 5.41) is 0. The molecule has 0 unspecified atom stereocenters. The Morgan fingerprint density at radius 3 is 1.40 bits per heavy atom. The molecule has 0 atom stereocenters. The monoisotopic (exact) mass is 210 g/mol. The van der Waals surface area contributed by atoms with Gasteiger partial charge in [-0.15, -0.1) is 11.8 Å². The maximum atomic E-state index is 3.14. The average molecular weight is 210 g/mol. The van der Waals surface area contributed by atoms with Gasteiger partial charge in [-0.25, -0.2) is 0 Å². The molecule has 0 amide bonds. The Morgan fingerprint density at radius 2 is 1.13 bits per heavy atom. The molecular formula is C15H30. The molecule has 0 nitrogen and oxygen atoms in total. The van der Waals surface area contributed by atoms with Crippen LogP contribution in [0.25, 0.3) is 0 Å². The molecule has 0 saturated carbocycles. The summed E-state index contributed by atoms with van der Waals surface area (Å²) in [6, 6.07) is 0. The number of rotatable bonds is 2. The molecule has 0 aromatic carbocycles. The van der Waals surface area contributed by atoms with E-state index in [2.05, 4.69) is 25.7 Å². The van der Waals surface area contributed by atoms with Crippen molar-refractivity contribution >= 4 is 0 Å².